The molecule has 1 aromatic heterocycles. The molecule has 0 radical (unpaired) electrons. The summed E-state index contributed by atoms with van der Waals surface area (Å²) in [5.41, 5.74) is 1.20. The fourth-order valence-corrected chi connectivity index (χ4v) is 4.12. The Morgan fingerprint density at radius 1 is 1.24 bits per heavy atom. The van der Waals surface area contributed by atoms with E-state index in [1.165, 1.54) is 36.6 Å². The van der Waals surface area contributed by atoms with E-state index in [2.05, 4.69) is 39.1 Å². The Bertz CT molecular complexity index is 701. The van der Waals surface area contributed by atoms with E-state index in [1.54, 1.807) is 0 Å². The Balaban J connectivity index is 1.57. The number of amides is 1. The lowest BCUT2D eigenvalue weighted by Gasteiger charge is -2.29. The fourth-order valence-electron chi connectivity index (χ4n) is 3.33. The number of nitrogens with zero attached hydrogens (tertiary/aromatic N) is 3. The lowest BCUT2D eigenvalue weighted by molar-refractivity contribution is -0.119. The van der Waals surface area contributed by atoms with Crippen LogP contribution in [-0.4, -0.2) is 32.5 Å². The molecular formula is C19H26N4OS. The SMILES string of the molecule is Cc1nnc(SCC(=O)N[C@H]2CCCC[C@H]2C)n1Cc1ccccc1. The van der Waals surface area contributed by atoms with Crippen LogP contribution in [0.1, 0.15) is 44.0 Å². The third-order valence-corrected chi connectivity index (χ3v) is 5.84. The first-order valence-electron chi connectivity index (χ1n) is 8.99. The molecular weight excluding hydrogens is 332 g/mol. The van der Waals surface area contributed by atoms with Gasteiger partial charge in [-0.15, -0.1) is 10.2 Å². The summed E-state index contributed by atoms with van der Waals surface area (Å²) >= 11 is 1.46. The summed E-state index contributed by atoms with van der Waals surface area (Å²) in [6, 6.07) is 10.6. The molecule has 0 spiro atoms. The summed E-state index contributed by atoms with van der Waals surface area (Å²) in [6.45, 7) is 4.91. The van der Waals surface area contributed by atoms with Gasteiger partial charge >= 0.3 is 0 Å². The van der Waals surface area contributed by atoms with Gasteiger partial charge in [0.1, 0.15) is 5.82 Å². The van der Waals surface area contributed by atoms with E-state index in [0.717, 1.165) is 23.9 Å². The average Bonchev–Trinajstić information content (AvgIpc) is 2.96. The van der Waals surface area contributed by atoms with E-state index in [1.807, 2.05) is 25.1 Å². The Morgan fingerprint density at radius 2 is 2.00 bits per heavy atom. The Hall–Kier alpha value is -1.82. The van der Waals surface area contributed by atoms with Gasteiger partial charge in [-0.2, -0.15) is 0 Å². The molecule has 0 unspecified atom stereocenters. The minimum absolute atomic E-state index is 0.0932. The highest BCUT2D eigenvalue weighted by Crippen LogP contribution is 2.24. The quantitative estimate of drug-likeness (QED) is 0.804. The molecule has 25 heavy (non-hydrogen) atoms. The zero-order chi connectivity index (χ0) is 17.6. The number of carbonyl (C=O) groups excluding carboxylic acids is 1. The lowest BCUT2D eigenvalue weighted by atomic mass is 9.86. The Morgan fingerprint density at radius 3 is 2.76 bits per heavy atom. The van der Waals surface area contributed by atoms with Gasteiger partial charge in [0.05, 0.1) is 12.3 Å². The molecule has 1 fully saturated rings. The third-order valence-electron chi connectivity index (χ3n) is 4.88. The zero-order valence-corrected chi connectivity index (χ0v) is 15.8. The van der Waals surface area contributed by atoms with Crippen LogP contribution in [0.4, 0.5) is 0 Å². The first kappa shape index (κ1) is 18.0. The molecule has 1 amide bonds. The first-order chi connectivity index (χ1) is 12.1. The molecule has 1 N–H and O–H groups in total. The van der Waals surface area contributed by atoms with Crippen LogP contribution in [0, 0.1) is 12.8 Å². The van der Waals surface area contributed by atoms with Crippen molar-refractivity contribution in [3.63, 3.8) is 0 Å². The molecule has 0 saturated heterocycles. The number of rotatable bonds is 6. The molecule has 2 atom stereocenters. The minimum atomic E-state index is 0.0932. The summed E-state index contributed by atoms with van der Waals surface area (Å²) in [5, 5.41) is 12.4. The monoisotopic (exact) mass is 358 g/mol. The van der Waals surface area contributed by atoms with Crippen LogP contribution in [0.15, 0.2) is 35.5 Å². The number of carbonyl (C=O) groups is 1. The maximum absolute atomic E-state index is 12.3. The molecule has 5 nitrogen and oxygen atoms in total. The van der Waals surface area contributed by atoms with E-state index in [4.69, 9.17) is 0 Å². The topological polar surface area (TPSA) is 59.8 Å². The van der Waals surface area contributed by atoms with Crippen molar-refractivity contribution < 1.29 is 4.79 Å². The maximum Gasteiger partial charge on any atom is 0.230 e. The van der Waals surface area contributed by atoms with Crippen molar-refractivity contribution in [2.75, 3.05) is 5.75 Å². The van der Waals surface area contributed by atoms with Crippen LogP contribution in [-0.2, 0) is 11.3 Å². The van der Waals surface area contributed by atoms with Crippen molar-refractivity contribution >= 4 is 17.7 Å². The van der Waals surface area contributed by atoms with E-state index < -0.39 is 0 Å². The van der Waals surface area contributed by atoms with Crippen LogP contribution in [0.3, 0.4) is 0 Å². The van der Waals surface area contributed by atoms with Gasteiger partial charge in [0.15, 0.2) is 5.16 Å². The van der Waals surface area contributed by atoms with Crippen molar-refractivity contribution in [3.05, 3.63) is 41.7 Å². The lowest BCUT2D eigenvalue weighted by Crippen LogP contribution is -2.41. The first-order valence-corrected chi connectivity index (χ1v) is 9.98. The largest absolute Gasteiger partial charge is 0.352 e. The van der Waals surface area contributed by atoms with Gasteiger partial charge in [0.2, 0.25) is 5.91 Å². The highest BCUT2D eigenvalue weighted by molar-refractivity contribution is 7.99. The maximum atomic E-state index is 12.3. The molecule has 6 heteroatoms. The second-order valence-corrected chi connectivity index (χ2v) is 7.77. The van der Waals surface area contributed by atoms with Crippen molar-refractivity contribution in [3.8, 4) is 0 Å². The van der Waals surface area contributed by atoms with Crippen molar-refractivity contribution in [1.29, 1.82) is 0 Å². The number of thioether (sulfide) groups is 1. The van der Waals surface area contributed by atoms with Gasteiger partial charge in [0, 0.05) is 6.04 Å². The second kappa shape index (κ2) is 8.52. The average molecular weight is 359 g/mol. The summed E-state index contributed by atoms with van der Waals surface area (Å²) in [7, 11) is 0. The Kier molecular flexibility index (Phi) is 6.13. The summed E-state index contributed by atoms with van der Waals surface area (Å²) in [5.74, 6) is 1.92. The van der Waals surface area contributed by atoms with E-state index >= 15 is 0 Å². The molecule has 0 bridgehead atoms. The summed E-state index contributed by atoms with van der Waals surface area (Å²) < 4.78 is 2.07. The second-order valence-electron chi connectivity index (χ2n) is 6.83. The third kappa shape index (κ3) is 4.84. The molecule has 1 aromatic carbocycles. The molecule has 1 saturated carbocycles. The Labute approximate surface area is 153 Å². The highest BCUT2D eigenvalue weighted by atomic mass is 32.2. The number of nitrogens with one attached hydrogen (secondary N) is 1. The van der Waals surface area contributed by atoms with E-state index in [0.29, 0.717) is 17.7 Å². The minimum Gasteiger partial charge on any atom is -0.352 e. The fraction of sp³-hybridized carbons (Fsp3) is 0.526. The number of hydrogen-bond donors (Lipinski definition) is 1. The number of benzene rings is 1. The van der Waals surface area contributed by atoms with Gasteiger partial charge in [0.25, 0.3) is 0 Å². The van der Waals surface area contributed by atoms with Crippen LogP contribution in [0.25, 0.3) is 0 Å². The molecule has 3 rings (SSSR count). The summed E-state index contributed by atoms with van der Waals surface area (Å²) in [4.78, 5) is 12.3. The predicted molar refractivity (Wildman–Crippen MR) is 101 cm³/mol. The van der Waals surface area contributed by atoms with Crippen molar-refractivity contribution in [2.24, 2.45) is 5.92 Å². The van der Waals surface area contributed by atoms with Crippen molar-refractivity contribution in [1.82, 2.24) is 20.1 Å². The van der Waals surface area contributed by atoms with Crippen LogP contribution in [0.5, 0.6) is 0 Å². The molecule has 134 valence electrons. The number of aryl methyl sites for hydroxylation is 1. The molecule has 1 heterocycles. The van der Waals surface area contributed by atoms with Gasteiger partial charge in [-0.1, -0.05) is 61.9 Å². The predicted octanol–water partition coefficient (Wildman–Crippen LogP) is 3.42. The molecule has 2 aromatic rings. The van der Waals surface area contributed by atoms with E-state index in [-0.39, 0.29) is 5.91 Å². The van der Waals surface area contributed by atoms with Gasteiger partial charge < -0.3 is 9.88 Å². The number of hydrogen-bond acceptors (Lipinski definition) is 4. The van der Waals surface area contributed by atoms with Crippen LogP contribution >= 0.6 is 11.8 Å². The molecule has 1 aliphatic rings. The standard InChI is InChI=1S/C19H26N4OS/c1-14-8-6-7-11-17(14)20-18(24)13-25-19-22-21-15(2)23(19)12-16-9-4-3-5-10-16/h3-5,9-10,14,17H,6-8,11-13H2,1-2H3,(H,20,24)/t14-,17+/m1/s1. The van der Waals surface area contributed by atoms with Crippen molar-refractivity contribution in [2.45, 2.75) is 57.3 Å². The number of aromatic nitrogens is 3. The highest BCUT2D eigenvalue weighted by Gasteiger charge is 2.23. The molecule has 0 aliphatic heterocycles. The van der Waals surface area contributed by atoms with Crippen LogP contribution < -0.4 is 5.32 Å². The van der Waals surface area contributed by atoms with Gasteiger partial charge in [-0.25, -0.2) is 0 Å². The van der Waals surface area contributed by atoms with E-state index in [9.17, 15) is 4.79 Å². The van der Waals surface area contributed by atoms with Gasteiger partial charge in [-0.05, 0) is 31.2 Å². The summed E-state index contributed by atoms with van der Waals surface area (Å²) in [6.07, 6.45) is 4.81. The zero-order valence-electron chi connectivity index (χ0n) is 14.9. The molecule has 1 aliphatic carbocycles. The van der Waals surface area contributed by atoms with Crippen LogP contribution in [0.2, 0.25) is 0 Å². The normalized spacial score (nSPS) is 20.4. The van der Waals surface area contributed by atoms with Gasteiger partial charge in [-0.3, -0.25) is 4.79 Å². The smallest absolute Gasteiger partial charge is 0.230 e.